The van der Waals surface area contributed by atoms with E-state index in [1.165, 1.54) is 105 Å². The number of rotatable bonds is 9. The number of fused-ring (bicyclic) bond motifs is 7. The van der Waals surface area contributed by atoms with Gasteiger partial charge >= 0.3 is 0 Å². The predicted molar refractivity (Wildman–Crippen MR) is 313 cm³/mol. The monoisotopic (exact) mass is 939 g/mol. The van der Waals surface area contributed by atoms with Crippen molar-refractivity contribution in [2.75, 3.05) is 4.90 Å². The van der Waals surface area contributed by atoms with E-state index in [-0.39, 0.29) is 0 Å². The van der Waals surface area contributed by atoms with E-state index in [0.29, 0.717) is 0 Å². The molecule has 0 saturated carbocycles. The van der Waals surface area contributed by atoms with Gasteiger partial charge in [-0.05, 0) is 124 Å². The van der Waals surface area contributed by atoms with E-state index in [1.54, 1.807) is 0 Å². The number of hydrogen-bond acceptors (Lipinski definition) is 1. The summed E-state index contributed by atoms with van der Waals surface area (Å²) < 4.78 is 0. The Morgan fingerprint density at radius 3 is 1.47 bits per heavy atom. The van der Waals surface area contributed by atoms with Crippen LogP contribution in [0.15, 0.2) is 297 Å². The maximum atomic E-state index is 2.60. The molecule has 1 heteroatoms. The van der Waals surface area contributed by atoms with Crippen LogP contribution in [0.2, 0.25) is 0 Å². The molecule has 0 N–H and O–H groups in total. The van der Waals surface area contributed by atoms with Crippen LogP contribution in [0.25, 0.3) is 88.0 Å². The molecule has 1 aliphatic carbocycles. The van der Waals surface area contributed by atoms with Crippen molar-refractivity contribution in [3.8, 4) is 55.6 Å². The molecular formula is C73H49N. The zero-order valence-electron chi connectivity index (χ0n) is 40.7. The second-order valence-corrected chi connectivity index (χ2v) is 19.5. The molecular weight excluding hydrogens is 891 g/mol. The molecule has 0 unspecified atom stereocenters. The lowest BCUT2D eigenvalue weighted by Gasteiger charge is -2.35. The number of nitrogens with zero attached hydrogens (tertiary/aromatic N) is 1. The van der Waals surface area contributed by atoms with Crippen molar-refractivity contribution in [3.63, 3.8) is 0 Å². The summed E-state index contributed by atoms with van der Waals surface area (Å²) in [7, 11) is 0. The van der Waals surface area contributed by atoms with Crippen LogP contribution in [0.3, 0.4) is 0 Å². The zero-order valence-corrected chi connectivity index (χ0v) is 40.7. The van der Waals surface area contributed by atoms with Crippen LogP contribution < -0.4 is 4.90 Å². The lowest BCUT2D eigenvalue weighted by molar-refractivity contribution is 0.768. The first kappa shape index (κ1) is 43.2. The molecule has 0 fully saturated rings. The Balaban J connectivity index is 1.09. The van der Waals surface area contributed by atoms with E-state index in [2.05, 4.69) is 302 Å². The molecule has 0 spiro atoms. The number of benzene rings is 13. The Bertz CT molecular complexity index is 4180. The quantitative estimate of drug-likeness (QED) is 0.130. The summed E-state index contributed by atoms with van der Waals surface area (Å²) >= 11 is 0. The van der Waals surface area contributed by atoms with Crippen LogP contribution in [0.5, 0.6) is 0 Å². The van der Waals surface area contributed by atoms with Crippen molar-refractivity contribution < 1.29 is 0 Å². The third-order valence-electron chi connectivity index (χ3n) is 15.5. The zero-order chi connectivity index (χ0) is 49.0. The molecule has 0 aromatic heterocycles. The third kappa shape index (κ3) is 6.93. The van der Waals surface area contributed by atoms with Crippen LogP contribution in [-0.4, -0.2) is 0 Å². The van der Waals surface area contributed by atoms with Gasteiger partial charge in [0, 0.05) is 22.2 Å². The number of hydrogen-bond donors (Lipinski definition) is 0. The van der Waals surface area contributed by atoms with Crippen LogP contribution in [-0.2, 0) is 5.41 Å². The topological polar surface area (TPSA) is 3.24 Å². The molecule has 0 amide bonds. The maximum Gasteiger partial charge on any atom is 0.0714 e. The molecule has 13 aromatic rings. The average Bonchev–Trinajstić information content (AvgIpc) is 3.79. The maximum absolute atomic E-state index is 2.60. The van der Waals surface area contributed by atoms with Crippen molar-refractivity contribution in [2.45, 2.75) is 5.41 Å². The summed E-state index contributed by atoms with van der Waals surface area (Å²) in [6.45, 7) is 0. The van der Waals surface area contributed by atoms with Crippen molar-refractivity contribution in [2.24, 2.45) is 0 Å². The minimum atomic E-state index is -0.579. The van der Waals surface area contributed by atoms with Gasteiger partial charge in [-0.3, -0.25) is 0 Å². The Labute approximate surface area is 432 Å². The van der Waals surface area contributed by atoms with Gasteiger partial charge in [-0.25, -0.2) is 0 Å². The fraction of sp³-hybridized carbons (Fsp3) is 0.0137. The van der Waals surface area contributed by atoms with E-state index in [4.69, 9.17) is 0 Å². The average molecular weight is 940 g/mol. The summed E-state index contributed by atoms with van der Waals surface area (Å²) in [4.78, 5) is 2.60. The van der Waals surface area contributed by atoms with Crippen molar-refractivity contribution in [3.05, 3.63) is 320 Å². The Hall–Kier alpha value is -9.56. The van der Waals surface area contributed by atoms with Crippen LogP contribution in [0.1, 0.15) is 22.3 Å². The standard InChI is InChI=1S/C73H49N/c1-5-22-50(23-6-1)55-44-47-60(52-25-7-2-8-26-52)66(49-55)53-42-45-59(46-43-53)74(72-64-35-18-16-33-62(64)61-32-15-17-34-63(61)70(72)56-41-40-51-24-13-14-27-54(51)48-56)69-39-21-38-68-71(69)65-36-19-20-37-67(65)73(68,57-28-9-3-10-29-57)58-30-11-4-12-31-58/h1-49H. The highest BCUT2D eigenvalue weighted by atomic mass is 15.2. The van der Waals surface area contributed by atoms with Crippen LogP contribution >= 0.6 is 0 Å². The molecule has 1 aliphatic rings. The van der Waals surface area contributed by atoms with Gasteiger partial charge in [-0.1, -0.05) is 267 Å². The summed E-state index contributed by atoms with van der Waals surface area (Å²) in [5, 5.41) is 7.26. The molecule has 1 nitrogen and oxygen atoms in total. The Kier molecular flexibility index (Phi) is 10.5. The Morgan fingerprint density at radius 1 is 0.257 bits per heavy atom. The van der Waals surface area contributed by atoms with Crippen molar-refractivity contribution in [1.29, 1.82) is 0 Å². The molecule has 346 valence electrons. The van der Waals surface area contributed by atoms with Crippen molar-refractivity contribution in [1.82, 2.24) is 0 Å². The van der Waals surface area contributed by atoms with Crippen LogP contribution in [0.4, 0.5) is 17.1 Å². The minimum absolute atomic E-state index is 0.579. The highest BCUT2D eigenvalue weighted by Crippen LogP contribution is 2.61. The summed E-state index contributed by atoms with van der Waals surface area (Å²) in [6, 6.07) is 110. The summed E-state index contributed by atoms with van der Waals surface area (Å²) in [5.74, 6) is 0. The molecule has 0 aliphatic heterocycles. The van der Waals surface area contributed by atoms with Gasteiger partial charge in [-0.2, -0.15) is 0 Å². The number of anilines is 3. The van der Waals surface area contributed by atoms with Gasteiger partial charge in [0.1, 0.15) is 0 Å². The smallest absolute Gasteiger partial charge is 0.0714 e. The highest BCUT2D eigenvalue weighted by Gasteiger charge is 2.47. The molecule has 0 radical (unpaired) electrons. The van der Waals surface area contributed by atoms with E-state index in [1.807, 2.05) is 0 Å². The second kappa shape index (κ2) is 17.9. The molecule has 74 heavy (non-hydrogen) atoms. The van der Waals surface area contributed by atoms with Crippen LogP contribution in [0, 0.1) is 0 Å². The van der Waals surface area contributed by atoms with Crippen molar-refractivity contribution >= 4 is 49.4 Å². The molecule has 0 atom stereocenters. The summed E-state index contributed by atoms with van der Waals surface area (Å²) in [5.41, 5.74) is 19.7. The third-order valence-corrected chi connectivity index (χ3v) is 15.5. The fourth-order valence-corrected chi connectivity index (χ4v) is 12.3. The second-order valence-electron chi connectivity index (χ2n) is 19.5. The largest absolute Gasteiger partial charge is 0.309 e. The van der Waals surface area contributed by atoms with E-state index in [9.17, 15) is 0 Å². The van der Waals surface area contributed by atoms with Gasteiger partial charge in [0.25, 0.3) is 0 Å². The first-order valence-corrected chi connectivity index (χ1v) is 25.7. The van der Waals surface area contributed by atoms with Gasteiger partial charge in [0.15, 0.2) is 0 Å². The van der Waals surface area contributed by atoms with Gasteiger partial charge in [0.05, 0.1) is 16.8 Å². The SMILES string of the molecule is c1ccc(-c2ccc(-c3ccccc3)c(-c3ccc(N(c4cccc5c4-c4ccccc4C5(c4ccccc4)c4ccccc4)c4c(-c5ccc6ccccc6c5)c5ccccc5c5ccccc45)cc3)c2)cc1. The first-order valence-electron chi connectivity index (χ1n) is 25.7. The predicted octanol–water partition coefficient (Wildman–Crippen LogP) is 19.6. The lowest BCUT2D eigenvalue weighted by atomic mass is 9.68. The first-order chi connectivity index (χ1) is 36.7. The van der Waals surface area contributed by atoms with E-state index >= 15 is 0 Å². The molecule has 13 aromatic carbocycles. The minimum Gasteiger partial charge on any atom is -0.309 e. The van der Waals surface area contributed by atoms with E-state index in [0.717, 1.165) is 22.6 Å². The molecule has 0 saturated heterocycles. The van der Waals surface area contributed by atoms with Gasteiger partial charge in [-0.15, -0.1) is 0 Å². The molecule has 14 rings (SSSR count). The molecule has 0 bridgehead atoms. The molecule has 0 heterocycles. The van der Waals surface area contributed by atoms with Gasteiger partial charge in [0.2, 0.25) is 0 Å². The van der Waals surface area contributed by atoms with Gasteiger partial charge < -0.3 is 4.90 Å². The lowest BCUT2D eigenvalue weighted by Crippen LogP contribution is -2.28. The Morgan fingerprint density at radius 2 is 0.770 bits per heavy atom. The summed E-state index contributed by atoms with van der Waals surface area (Å²) in [6.07, 6.45) is 0. The highest BCUT2D eigenvalue weighted by molar-refractivity contribution is 6.23. The normalized spacial score (nSPS) is 12.4. The van der Waals surface area contributed by atoms with E-state index < -0.39 is 5.41 Å². The fourth-order valence-electron chi connectivity index (χ4n) is 12.3.